The van der Waals surface area contributed by atoms with Crippen molar-refractivity contribution in [3.63, 3.8) is 0 Å². The molecule has 0 aromatic rings. The van der Waals surface area contributed by atoms with Crippen molar-refractivity contribution >= 4 is 5.97 Å². The first-order chi connectivity index (χ1) is 12.1. The zero-order valence-corrected chi connectivity index (χ0v) is 15.9. The standard InChI is InChI=1S/C21H36F2O2/c1-2-3-4-5-16-6-8-17(9-7-16)10-11-18-12-14-19(15-13-18)25-21(24)20(22)23/h16-20H,2-15H2,1H3. The summed E-state index contributed by atoms with van der Waals surface area (Å²) in [5.41, 5.74) is 0. The quantitative estimate of drug-likeness (QED) is 0.346. The Morgan fingerprint density at radius 3 is 1.80 bits per heavy atom. The van der Waals surface area contributed by atoms with E-state index in [-0.39, 0.29) is 6.10 Å². The second-order valence-electron chi connectivity index (χ2n) is 8.34. The molecule has 25 heavy (non-hydrogen) atoms. The molecule has 0 aliphatic heterocycles. The van der Waals surface area contributed by atoms with Crippen LogP contribution in [0.4, 0.5) is 8.78 Å². The number of hydrogen-bond acceptors (Lipinski definition) is 2. The summed E-state index contributed by atoms with van der Waals surface area (Å²) in [5.74, 6) is 1.22. The first-order valence-corrected chi connectivity index (χ1v) is 10.6. The number of rotatable bonds is 9. The maximum absolute atomic E-state index is 12.2. The van der Waals surface area contributed by atoms with Crippen LogP contribution in [0.2, 0.25) is 0 Å². The van der Waals surface area contributed by atoms with E-state index in [1.165, 1.54) is 64.2 Å². The van der Waals surface area contributed by atoms with Gasteiger partial charge in [0, 0.05) is 0 Å². The van der Waals surface area contributed by atoms with Crippen molar-refractivity contribution in [2.24, 2.45) is 17.8 Å². The molecule has 4 heteroatoms. The van der Waals surface area contributed by atoms with Gasteiger partial charge in [0.2, 0.25) is 0 Å². The SMILES string of the molecule is CCCCCC1CCC(CCC2CCC(OC(=O)C(F)F)CC2)CC1. The minimum absolute atomic E-state index is 0.281. The first kappa shape index (κ1) is 20.6. The maximum atomic E-state index is 12.2. The zero-order chi connectivity index (χ0) is 18.1. The van der Waals surface area contributed by atoms with E-state index in [1.54, 1.807) is 0 Å². The number of carbonyl (C=O) groups is 1. The number of unbranched alkanes of at least 4 members (excludes halogenated alkanes) is 2. The topological polar surface area (TPSA) is 26.3 Å². The van der Waals surface area contributed by atoms with Gasteiger partial charge in [0.1, 0.15) is 6.10 Å². The van der Waals surface area contributed by atoms with E-state index >= 15 is 0 Å². The lowest BCUT2D eigenvalue weighted by Gasteiger charge is -2.32. The average Bonchev–Trinajstić information content (AvgIpc) is 2.62. The van der Waals surface area contributed by atoms with Gasteiger partial charge in [-0.1, -0.05) is 71.1 Å². The Balaban J connectivity index is 1.54. The summed E-state index contributed by atoms with van der Waals surface area (Å²) in [5, 5.41) is 0. The predicted molar refractivity (Wildman–Crippen MR) is 96.7 cm³/mol. The molecule has 2 rings (SSSR count). The lowest BCUT2D eigenvalue weighted by Crippen LogP contribution is -2.27. The number of hydrogen-bond donors (Lipinski definition) is 0. The summed E-state index contributed by atoms with van der Waals surface area (Å²) in [4.78, 5) is 11.0. The van der Waals surface area contributed by atoms with Crippen molar-refractivity contribution in [2.75, 3.05) is 0 Å². The minimum Gasteiger partial charge on any atom is -0.458 e. The molecular weight excluding hydrogens is 322 g/mol. The molecule has 0 spiro atoms. The van der Waals surface area contributed by atoms with Gasteiger partial charge < -0.3 is 4.74 Å². The molecule has 0 unspecified atom stereocenters. The molecule has 2 saturated carbocycles. The molecule has 0 heterocycles. The molecule has 0 N–H and O–H groups in total. The third kappa shape index (κ3) is 7.62. The summed E-state index contributed by atoms with van der Waals surface area (Å²) in [7, 11) is 0. The smallest absolute Gasteiger partial charge is 0.374 e. The largest absolute Gasteiger partial charge is 0.458 e. The molecule has 0 atom stereocenters. The lowest BCUT2D eigenvalue weighted by molar-refractivity contribution is -0.164. The number of esters is 1. The van der Waals surface area contributed by atoms with Crippen LogP contribution in [0.5, 0.6) is 0 Å². The van der Waals surface area contributed by atoms with E-state index in [0.29, 0.717) is 5.92 Å². The van der Waals surface area contributed by atoms with Crippen LogP contribution >= 0.6 is 0 Å². The monoisotopic (exact) mass is 358 g/mol. The van der Waals surface area contributed by atoms with Crippen LogP contribution < -0.4 is 0 Å². The van der Waals surface area contributed by atoms with Crippen molar-refractivity contribution in [2.45, 2.75) is 109 Å². The molecule has 0 aromatic carbocycles. The first-order valence-electron chi connectivity index (χ1n) is 10.6. The third-order valence-electron chi connectivity index (χ3n) is 6.42. The summed E-state index contributed by atoms with van der Waals surface area (Å²) in [6.45, 7) is 2.27. The van der Waals surface area contributed by atoms with E-state index in [2.05, 4.69) is 6.92 Å². The summed E-state index contributed by atoms with van der Waals surface area (Å²) < 4.78 is 29.3. The van der Waals surface area contributed by atoms with Crippen LogP contribution in [0.3, 0.4) is 0 Å². The molecule has 0 bridgehead atoms. The summed E-state index contributed by atoms with van der Waals surface area (Å²) >= 11 is 0. The number of halogens is 2. The Morgan fingerprint density at radius 1 is 0.840 bits per heavy atom. The van der Waals surface area contributed by atoms with Crippen molar-refractivity contribution < 1.29 is 18.3 Å². The molecule has 0 aromatic heterocycles. The normalized spacial score (nSPS) is 30.4. The third-order valence-corrected chi connectivity index (χ3v) is 6.42. The van der Waals surface area contributed by atoms with Crippen LogP contribution in [0.15, 0.2) is 0 Å². The van der Waals surface area contributed by atoms with Crippen LogP contribution in [0, 0.1) is 17.8 Å². The van der Waals surface area contributed by atoms with Gasteiger partial charge in [-0.3, -0.25) is 0 Å². The molecule has 0 amide bonds. The van der Waals surface area contributed by atoms with Crippen molar-refractivity contribution in [3.05, 3.63) is 0 Å². The molecule has 2 aliphatic rings. The molecule has 2 aliphatic carbocycles. The molecule has 2 nitrogen and oxygen atoms in total. The van der Waals surface area contributed by atoms with Gasteiger partial charge >= 0.3 is 12.4 Å². The second kappa shape index (κ2) is 11.1. The predicted octanol–water partition coefficient (Wildman–Crippen LogP) is 6.52. The highest BCUT2D eigenvalue weighted by molar-refractivity contribution is 5.72. The van der Waals surface area contributed by atoms with Gasteiger partial charge in [0.25, 0.3) is 0 Å². The number of alkyl halides is 2. The Morgan fingerprint density at radius 2 is 1.32 bits per heavy atom. The molecule has 146 valence electrons. The van der Waals surface area contributed by atoms with Crippen molar-refractivity contribution in [3.8, 4) is 0 Å². The summed E-state index contributed by atoms with van der Waals surface area (Å²) in [6.07, 6.45) is 14.1. The van der Waals surface area contributed by atoms with Crippen molar-refractivity contribution in [1.82, 2.24) is 0 Å². The van der Waals surface area contributed by atoms with E-state index in [1.807, 2.05) is 0 Å². The number of carbonyl (C=O) groups excluding carboxylic acids is 1. The molecule has 2 fully saturated rings. The number of ether oxygens (including phenoxy) is 1. The highest BCUT2D eigenvalue weighted by Gasteiger charge is 2.28. The fourth-order valence-corrected chi connectivity index (χ4v) is 4.72. The van der Waals surface area contributed by atoms with E-state index in [0.717, 1.165) is 37.5 Å². The van der Waals surface area contributed by atoms with Crippen molar-refractivity contribution in [1.29, 1.82) is 0 Å². The van der Waals surface area contributed by atoms with Crippen LogP contribution in [-0.4, -0.2) is 18.5 Å². The van der Waals surface area contributed by atoms with Crippen LogP contribution in [-0.2, 0) is 9.53 Å². The fraction of sp³-hybridized carbons (Fsp3) is 0.952. The Hall–Kier alpha value is -0.670. The van der Waals surface area contributed by atoms with Gasteiger partial charge in [-0.2, -0.15) is 8.78 Å². The zero-order valence-electron chi connectivity index (χ0n) is 15.9. The lowest BCUT2D eigenvalue weighted by atomic mass is 9.76. The van der Waals surface area contributed by atoms with Gasteiger partial charge in [-0.25, -0.2) is 4.79 Å². The van der Waals surface area contributed by atoms with Gasteiger partial charge in [-0.15, -0.1) is 0 Å². The fourth-order valence-electron chi connectivity index (χ4n) is 4.72. The summed E-state index contributed by atoms with van der Waals surface area (Å²) in [6, 6.07) is 0. The Labute approximate surface area is 152 Å². The van der Waals surface area contributed by atoms with Crippen LogP contribution in [0.1, 0.15) is 96.8 Å². The van der Waals surface area contributed by atoms with Gasteiger partial charge in [0.05, 0.1) is 0 Å². The van der Waals surface area contributed by atoms with E-state index < -0.39 is 12.4 Å². The van der Waals surface area contributed by atoms with E-state index in [4.69, 9.17) is 4.74 Å². The average molecular weight is 359 g/mol. The van der Waals surface area contributed by atoms with E-state index in [9.17, 15) is 13.6 Å². The highest BCUT2D eigenvalue weighted by Crippen LogP contribution is 2.37. The minimum atomic E-state index is -2.99. The Bertz CT molecular complexity index is 370. The maximum Gasteiger partial charge on any atom is 0.374 e. The molecular formula is C21H36F2O2. The van der Waals surface area contributed by atoms with Gasteiger partial charge in [0.15, 0.2) is 0 Å². The highest BCUT2D eigenvalue weighted by atomic mass is 19.3. The van der Waals surface area contributed by atoms with Crippen LogP contribution in [0.25, 0.3) is 0 Å². The molecule has 0 saturated heterocycles. The second-order valence-corrected chi connectivity index (χ2v) is 8.34. The Kier molecular flexibility index (Phi) is 9.19. The van der Waals surface area contributed by atoms with Gasteiger partial charge in [-0.05, 0) is 43.4 Å². The molecule has 0 radical (unpaired) electrons.